The van der Waals surface area contributed by atoms with Gasteiger partial charge in [-0.25, -0.2) is 0 Å². The van der Waals surface area contributed by atoms with E-state index in [9.17, 15) is 27.6 Å². The molecule has 3 amide bonds. The molecule has 11 heteroatoms. The van der Waals surface area contributed by atoms with Crippen LogP contribution in [-0.2, 0) is 17.5 Å². The molecule has 0 spiro atoms. The topological polar surface area (TPSA) is 66.5 Å². The van der Waals surface area contributed by atoms with Gasteiger partial charge in [-0.15, -0.1) is 11.3 Å². The maximum atomic E-state index is 12.9. The van der Waals surface area contributed by atoms with Gasteiger partial charge in [0.15, 0.2) is 0 Å². The Morgan fingerprint density at radius 3 is 2.47 bits per heavy atom. The van der Waals surface area contributed by atoms with Gasteiger partial charge in [0.25, 0.3) is 17.1 Å². The number of alkyl halides is 3. The van der Waals surface area contributed by atoms with E-state index >= 15 is 0 Å². The second-order valence-electron chi connectivity index (χ2n) is 7.13. The average molecular weight is 523 g/mol. The first kappa shape index (κ1) is 24.1. The Hall–Kier alpha value is -3.08. The number of hydrogen-bond acceptors (Lipinski definition) is 5. The minimum atomic E-state index is -4.58. The van der Waals surface area contributed by atoms with Crippen molar-refractivity contribution in [2.75, 3.05) is 5.32 Å². The summed E-state index contributed by atoms with van der Waals surface area (Å²) in [6, 6.07) is 12.4. The van der Waals surface area contributed by atoms with Crippen molar-refractivity contribution in [2.45, 2.75) is 12.7 Å². The lowest BCUT2D eigenvalue weighted by atomic mass is 10.1. The lowest BCUT2D eigenvalue weighted by molar-refractivity contribution is -0.137. The number of hydrogen-bond donors (Lipinski definition) is 1. The van der Waals surface area contributed by atoms with Crippen LogP contribution >= 0.6 is 34.7 Å². The van der Waals surface area contributed by atoms with Crippen molar-refractivity contribution in [2.24, 2.45) is 0 Å². The lowest BCUT2D eigenvalue weighted by Gasteiger charge is -2.13. The van der Waals surface area contributed by atoms with Crippen LogP contribution in [0, 0.1) is 0 Å². The summed E-state index contributed by atoms with van der Waals surface area (Å²) in [4.78, 5) is 39.7. The van der Waals surface area contributed by atoms with Crippen molar-refractivity contribution < 1.29 is 27.6 Å². The van der Waals surface area contributed by atoms with Gasteiger partial charge >= 0.3 is 6.18 Å². The highest BCUT2D eigenvalue weighted by Gasteiger charge is 2.35. The van der Waals surface area contributed by atoms with Gasteiger partial charge in [0, 0.05) is 10.4 Å². The van der Waals surface area contributed by atoms with Crippen LogP contribution in [0.5, 0.6) is 0 Å². The molecular weight excluding hydrogens is 509 g/mol. The molecule has 0 unspecified atom stereocenters. The van der Waals surface area contributed by atoms with E-state index in [4.69, 9.17) is 11.6 Å². The van der Waals surface area contributed by atoms with E-state index in [0.29, 0.717) is 10.5 Å². The van der Waals surface area contributed by atoms with Crippen LogP contribution in [0.4, 0.5) is 23.7 Å². The van der Waals surface area contributed by atoms with Crippen molar-refractivity contribution in [3.8, 4) is 0 Å². The molecule has 1 saturated heterocycles. The number of nitrogens with one attached hydrogen (secondary N) is 1. The fourth-order valence-corrected chi connectivity index (χ4v) is 4.80. The van der Waals surface area contributed by atoms with Crippen molar-refractivity contribution >= 4 is 63.5 Å². The van der Waals surface area contributed by atoms with Crippen molar-refractivity contribution in [3.05, 3.63) is 91.5 Å². The molecule has 0 saturated carbocycles. The highest BCUT2D eigenvalue weighted by atomic mass is 35.5. The van der Waals surface area contributed by atoms with Crippen molar-refractivity contribution in [1.82, 2.24) is 4.90 Å². The van der Waals surface area contributed by atoms with E-state index in [2.05, 4.69) is 5.32 Å². The number of carbonyl (C=O) groups is 3. The number of carbonyl (C=O) groups excluding carboxylic acids is 3. The zero-order valence-electron chi connectivity index (χ0n) is 17.1. The Balaban J connectivity index is 1.44. The minimum Gasteiger partial charge on any atom is -0.321 e. The fraction of sp³-hybridized carbons (Fsp3) is 0.0870. The monoisotopic (exact) mass is 522 g/mol. The number of halogens is 4. The number of rotatable bonds is 5. The van der Waals surface area contributed by atoms with Gasteiger partial charge in [0.05, 0.1) is 27.7 Å². The summed E-state index contributed by atoms with van der Waals surface area (Å²) >= 11 is 8.24. The maximum Gasteiger partial charge on any atom is 0.416 e. The molecule has 0 bridgehead atoms. The quantitative estimate of drug-likeness (QED) is 0.370. The number of anilines is 1. The molecule has 1 aliphatic heterocycles. The Bertz CT molecular complexity index is 1290. The van der Waals surface area contributed by atoms with E-state index < -0.39 is 28.8 Å². The summed E-state index contributed by atoms with van der Waals surface area (Å²) in [6.07, 6.45) is -2.91. The SMILES string of the molecule is O=C(Nc1cc(C(F)(F)F)ccc1Cl)c1ccc(CN2C(=O)S/C(=C\c3cccs3)C2=O)cc1. The molecule has 1 aromatic heterocycles. The molecule has 174 valence electrons. The summed E-state index contributed by atoms with van der Waals surface area (Å²) in [7, 11) is 0. The summed E-state index contributed by atoms with van der Waals surface area (Å²) in [6.45, 7) is 0.0216. The second kappa shape index (κ2) is 9.65. The zero-order chi connectivity index (χ0) is 24.5. The molecule has 2 aromatic carbocycles. The number of amides is 3. The van der Waals surface area contributed by atoms with E-state index in [0.717, 1.165) is 39.7 Å². The van der Waals surface area contributed by atoms with Crippen LogP contribution in [0.25, 0.3) is 6.08 Å². The van der Waals surface area contributed by atoms with Crippen LogP contribution in [0.15, 0.2) is 64.9 Å². The van der Waals surface area contributed by atoms with E-state index in [1.165, 1.54) is 23.5 Å². The number of imide groups is 1. The number of nitrogens with zero attached hydrogens (tertiary/aromatic N) is 1. The van der Waals surface area contributed by atoms with E-state index in [1.807, 2.05) is 17.5 Å². The van der Waals surface area contributed by atoms with E-state index in [-0.39, 0.29) is 22.8 Å². The number of thioether (sulfide) groups is 1. The Morgan fingerprint density at radius 2 is 1.82 bits per heavy atom. The molecule has 0 aliphatic carbocycles. The van der Waals surface area contributed by atoms with Crippen LogP contribution in [0.1, 0.15) is 26.4 Å². The molecule has 1 fully saturated rings. The highest BCUT2D eigenvalue weighted by Crippen LogP contribution is 2.35. The average Bonchev–Trinajstić information content (AvgIpc) is 3.39. The first-order valence-electron chi connectivity index (χ1n) is 9.68. The standard InChI is InChI=1S/C23H14ClF3N2O3S2/c24-17-8-7-15(23(25,26)27)10-18(17)28-20(30)14-5-3-13(4-6-14)12-29-21(31)19(34-22(29)32)11-16-2-1-9-33-16/h1-11H,12H2,(H,28,30)/b19-11-. The maximum absolute atomic E-state index is 12.9. The molecule has 0 atom stereocenters. The summed E-state index contributed by atoms with van der Waals surface area (Å²) < 4.78 is 38.8. The van der Waals surface area contributed by atoms with Gasteiger partial charge in [-0.2, -0.15) is 13.2 Å². The van der Waals surface area contributed by atoms with E-state index in [1.54, 1.807) is 18.2 Å². The smallest absolute Gasteiger partial charge is 0.321 e. The molecule has 1 N–H and O–H groups in total. The van der Waals surface area contributed by atoms with Crippen molar-refractivity contribution in [1.29, 1.82) is 0 Å². The molecule has 2 heterocycles. The molecule has 4 rings (SSSR count). The third-order valence-corrected chi connectivity index (χ3v) is 6.85. The molecular formula is C23H14ClF3N2O3S2. The predicted octanol–water partition coefficient (Wildman–Crippen LogP) is 6.91. The highest BCUT2D eigenvalue weighted by molar-refractivity contribution is 8.18. The predicted molar refractivity (Wildman–Crippen MR) is 127 cm³/mol. The van der Waals surface area contributed by atoms with Crippen molar-refractivity contribution in [3.63, 3.8) is 0 Å². The Labute approximate surface area is 205 Å². The Morgan fingerprint density at radius 1 is 1.09 bits per heavy atom. The molecule has 34 heavy (non-hydrogen) atoms. The first-order valence-corrected chi connectivity index (χ1v) is 11.7. The number of benzene rings is 2. The third-order valence-electron chi connectivity index (χ3n) is 4.79. The zero-order valence-corrected chi connectivity index (χ0v) is 19.4. The minimum absolute atomic E-state index is 0.0216. The molecule has 5 nitrogen and oxygen atoms in total. The second-order valence-corrected chi connectivity index (χ2v) is 9.51. The number of thiophene rings is 1. The molecule has 0 radical (unpaired) electrons. The van der Waals surface area contributed by atoms with Gasteiger partial charge in [-0.1, -0.05) is 29.8 Å². The van der Waals surface area contributed by atoms with Gasteiger partial charge < -0.3 is 5.32 Å². The third kappa shape index (κ3) is 5.35. The van der Waals surface area contributed by atoms with Crippen LogP contribution in [0.3, 0.4) is 0 Å². The normalized spacial score (nSPS) is 15.3. The molecule has 3 aromatic rings. The summed E-state index contributed by atoms with van der Waals surface area (Å²) in [5, 5.41) is 3.81. The summed E-state index contributed by atoms with van der Waals surface area (Å²) in [5.74, 6) is -1.05. The Kier molecular flexibility index (Phi) is 6.83. The summed E-state index contributed by atoms with van der Waals surface area (Å²) in [5.41, 5.74) is -0.328. The first-order chi connectivity index (χ1) is 16.1. The van der Waals surface area contributed by atoms with Crippen LogP contribution in [0.2, 0.25) is 5.02 Å². The van der Waals surface area contributed by atoms with Gasteiger partial charge in [-0.3, -0.25) is 19.3 Å². The van der Waals surface area contributed by atoms with Gasteiger partial charge in [0.1, 0.15) is 0 Å². The lowest BCUT2D eigenvalue weighted by Crippen LogP contribution is -2.27. The van der Waals surface area contributed by atoms with Crippen LogP contribution < -0.4 is 5.32 Å². The molecule has 1 aliphatic rings. The fourth-order valence-electron chi connectivity index (χ4n) is 3.07. The largest absolute Gasteiger partial charge is 0.416 e. The van der Waals surface area contributed by atoms with Crippen LogP contribution in [-0.4, -0.2) is 22.0 Å². The van der Waals surface area contributed by atoms with Gasteiger partial charge in [0.2, 0.25) is 0 Å². The van der Waals surface area contributed by atoms with Gasteiger partial charge in [-0.05, 0) is 65.2 Å².